The number of nitriles is 1. The Balaban J connectivity index is 3.45. The van der Waals surface area contributed by atoms with Crippen LogP contribution in [0.25, 0.3) is 0 Å². The molecule has 0 bridgehead atoms. The number of nitrogens with zero attached hydrogens (tertiary/aromatic N) is 1. The van der Waals surface area contributed by atoms with Gasteiger partial charge in [0.15, 0.2) is 14.6 Å². The molecule has 0 aliphatic carbocycles. The van der Waals surface area contributed by atoms with E-state index in [1.807, 2.05) is 6.07 Å². The van der Waals surface area contributed by atoms with Crippen LogP contribution < -0.4 is 4.72 Å². The van der Waals surface area contributed by atoms with Crippen molar-refractivity contribution in [3.05, 3.63) is 19.8 Å². The van der Waals surface area contributed by atoms with E-state index in [2.05, 4.69) is 20.7 Å². The van der Waals surface area contributed by atoms with Gasteiger partial charge in [0.2, 0.25) is 0 Å². The third kappa shape index (κ3) is 5.34. The summed E-state index contributed by atoms with van der Waals surface area (Å²) in [6.45, 7) is 9.72. The molecule has 5 nitrogen and oxygen atoms in total. The van der Waals surface area contributed by atoms with Gasteiger partial charge in [-0.1, -0.05) is 11.6 Å². The van der Waals surface area contributed by atoms with E-state index >= 15 is 0 Å². The van der Waals surface area contributed by atoms with E-state index in [0.717, 1.165) is 3.79 Å². The zero-order chi connectivity index (χ0) is 19.8. The molecule has 2 atom stereocenters. The van der Waals surface area contributed by atoms with Gasteiger partial charge in [-0.15, -0.1) is 16.1 Å². The molecule has 0 aliphatic rings. The molecule has 142 valence electrons. The molecule has 1 N–H and O–H groups in total. The lowest BCUT2D eigenvalue weighted by atomic mass is 10.1. The molecule has 25 heavy (non-hydrogen) atoms. The monoisotopic (exact) mass is 488 g/mol. The predicted octanol–water partition coefficient (Wildman–Crippen LogP) is 4.15. The lowest BCUT2D eigenvalue weighted by molar-refractivity contribution is 0.455. The van der Waals surface area contributed by atoms with Gasteiger partial charge in [0.25, 0.3) is 0 Å². The number of hydrogen-bond donors (Lipinski definition) is 1. The maximum absolute atomic E-state index is 12.8. The topological polar surface area (TPSA) is 93.0 Å². The highest BCUT2D eigenvalue weighted by atomic mass is 79.9. The summed E-state index contributed by atoms with van der Waals surface area (Å²) in [7, 11) is -3.84. The fraction of sp³-hybridized carbons (Fsp3) is 0.667. The summed E-state index contributed by atoms with van der Waals surface area (Å²) < 4.78 is 39.8. The standard InChI is InChI=1S/C15H22BrClN2O3S3/c1-13(2,3)24(20)19-15(6,12-10(17)7-11(16)23-12)9-25(21,22)14(4,5)8-18/h7,19H,9H2,1-6H3/t15-,24+/m0/s1. The van der Waals surface area contributed by atoms with E-state index in [-0.39, 0.29) is 0 Å². The van der Waals surface area contributed by atoms with Gasteiger partial charge in [0.05, 0.1) is 20.6 Å². The molecule has 1 rings (SSSR count). The zero-order valence-electron chi connectivity index (χ0n) is 14.9. The minimum Gasteiger partial charge on any atom is -0.598 e. The van der Waals surface area contributed by atoms with Gasteiger partial charge in [0, 0.05) is 16.2 Å². The molecule has 0 saturated heterocycles. The van der Waals surface area contributed by atoms with Crippen molar-refractivity contribution >= 4 is 60.1 Å². The van der Waals surface area contributed by atoms with Crippen LogP contribution >= 0.6 is 38.9 Å². The minimum atomic E-state index is -3.84. The van der Waals surface area contributed by atoms with E-state index in [0.29, 0.717) is 9.90 Å². The smallest absolute Gasteiger partial charge is 0.171 e. The number of nitrogens with one attached hydrogen (secondary N) is 1. The summed E-state index contributed by atoms with van der Waals surface area (Å²) >= 11 is 9.37. The summed E-state index contributed by atoms with van der Waals surface area (Å²) in [5.41, 5.74) is -1.21. The van der Waals surface area contributed by atoms with Crippen LogP contribution in [0.3, 0.4) is 0 Å². The first-order valence-electron chi connectivity index (χ1n) is 7.34. The van der Waals surface area contributed by atoms with Crippen molar-refractivity contribution in [3.8, 4) is 6.07 Å². The lowest BCUT2D eigenvalue weighted by Gasteiger charge is -2.35. The lowest BCUT2D eigenvalue weighted by Crippen LogP contribution is -2.54. The van der Waals surface area contributed by atoms with Crippen LogP contribution in [0.5, 0.6) is 0 Å². The highest BCUT2D eigenvalue weighted by molar-refractivity contribution is 9.11. The molecule has 0 aliphatic heterocycles. The first kappa shape index (κ1) is 23.2. The van der Waals surface area contributed by atoms with Crippen LogP contribution in [0, 0.1) is 11.3 Å². The molecule has 0 spiro atoms. The Hall–Kier alpha value is 0.180. The van der Waals surface area contributed by atoms with Gasteiger partial charge in [0.1, 0.15) is 10.3 Å². The third-order valence-corrected chi connectivity index (χ3v) is 10.2. The predicted molar refractivity (Wildman–Crippen MR) is 109 cm³/mol. The molecular formula is C15H22BrClN2O3S3. The first-order valence-corrected chi connectivity index (χ1v) is 12.1. The second-order valence-corrected chi connectivity index (χ2v) is 14.8. The number of halogens is 2. The largest absolute Gasteiger partial charge is 0.598 e. The van der Waals surface area contributed by atoms with Gasteiger partial charge in [-0.05, 0) is 63.5 Å². The van der Waals surface area contributed by atoms with Gasteiger partial charge < -0.3 is 4.55 Å². The SMILES string of the molecule is CC(C)(C)[S@@+]([O-])N[C@@](C)(CS(=O)(=O)C(C)(C)C#N)c1sc(Br)cc1Cl. The zero-order valence-corrected chi connectivity index (χ0v) is 19.7. The number of rotatable bonds is 6. The molecule has 1 heterocycles. The molecule has 0 unspecified atom stereocenters. The number of thiophene rings is 1. The Bertz CT molecular complexity index is 781. The van der Waals surface area contributed by atoms with Gasteiger partial charge in [-0.3, -0.25) is 0 Å². The average molecular weight is 490 g/mol. The van der Waals surface area contributed by atoms with Gasteiger partial charge in [-0.2, -0.15) is 5.26 Å². The van der Waals surface area contributed by atoms with Crippen LogP contribution in [0.2, 0.25) is 5.02 Å². The van der Waals surface area contributed by atoms with Gasteiger partial charge >= 0.3 is 0 Å². The Labute approximate surface area is 170 Å². The maximum atomic E-state index is 12.8. The second-order valence-electron chi connectivity index (χ2n) is 7.42. The third-order valence-electron chi connectivity index (χ3n) is 3.56. The maximum Gasteiger partial charge on any atom is 0.171 e. The van der Waals surface area contributed by atoms with Crippen molar-refractivity contribution in [1.29, 1.82) is 5.26 Å². The number of sulfone groups is 1. The fourth-order valence-corrected chi connectivity index (χ4v) is 6.68. The molecule has 0 aromatic carbocycles. The first-order chi connectivity index (χ1) is 11.1. The summed E-state index contributed by atoms with van der Waals surface area (Å²) in [6.07, 6.45) is 0. The van der Waals surface area contributed by atoms with E-state index in [9.17, 15) is 18.2 Å². The Kier molecular flexibility index (Phi) is 7.12. The molecule has 0 radical (unpaired) electrons. The number of hydrogen-bond acceptors (Lipinski definition) is 6. The second kappa shape index (κ2) is 7.66. The van der Waals surface area contributed by atoms with Crippen molar-refractivity contribution in [2.24, 2.45) is 0 Å². The Morgan fingerprint density at radius 2 is 1.88 bits per heavy atom. The highest BCUT2D eigenvalue weighted by Crippen LogP contribution is 2.41. The summed E-state index contributed by atoms with van der Waals surface area (Å²) in [4.78, 5) is 0.552. The molecule has 0 fully saturated rings. The fourth-order valence-electron chi connectivity index (χ4n) is 1.85. The van der Waals surface area contributed by atoms with Crippen molar-refractivity contribution in [2.45, 2.75) is 56.6 Å². The average Bonchev–Trinajstić information content (AvgIpc) is 2.76. The van der Waals surface area contributed by atoms with E-state index in [1.165, 1.54) is 25.2 Å². The normalized spacial score (nSPS) is 17.0. The highest BCUT2D eigenvalue weighted by Gasteiger charge is 2.47. The van der Waals surface area contributed by atoms with Crippen molar-refractivity contribution in [2.75, 3.05) is 5.75 Å². The van der Waals surface area contributed by atoms with E-state index in [1.54, 1.807) is 33.8 Å². The molecule has 1 aromatic heterocycles. The molecule has 0 amide bonds. The van der Waals surface area contributed by atoms with Crippen LogP contribution in [-0.4, -0.2) is 28.2 Å². The van der Waals surface area contributed by atoms with Crippen LogP contribution in [0.15, 0.2) is 9.85 Å². The van der Waals surface area contributed by atoms with Crippen LogP contribution in [0.1, 0.15) is 46.4 Å². The molecule has 1 aromatic rings. The summed E-state index contributed by atoms with van der Waals surface area (Å²) in [6, 6.07) is 3.50. The van der Waals surface area contributed by atoms with Crippen LogP contribution in [0.4, 0.5) is 0 Å². The van der Waals surface area contributed by atoms with E-state index in [4.69, 9.17) is 11.6 Å². The van der Waals surface area contributed by atoms with Crippen molar-refractivity contribution in [3.63, 3.8) is 0 Å². The van der Waals surface area contributed by atoms with Crippen LogP contribution in [-0.2, 0) is 26.7 Å². The van der Waals surface area contributed by atoms with Crippen molar-refractivity contribution in [1.82, 2.24) is 4.72 Å². The molecule has 10 heteroatoms. The minimum absolute atomic E-state index is 0.378. The Morgan fingerprint density at radius 3 is 2.24 bits per heavy atom. The Morgan fingerprint density at radius 1 is 1.36 bits per heavy atom. The van der Waals surface area contributed by atoms with Crippen molar-refractivity contribution < 1.29 is 13.0 Å². The van der Waals surface area contributed by atoms with Gasteiger partial charge in [-0.25, -0.2) is 8.42 Å². The molecule has 0 saturated carbocycles. The molecular weight excluding hydrogens is 468 g/mol. The summed E-state index contributed by atoms with van der Waals surface area (Å²) in [5.74, 6) is -0.408. The quantitative estimate of drug-likeness (QED) is 0.606. The summed E-state index contributed by atoms with van der Waals surface area (Å²) in [5, 5.41) is 9.60. The van der Waals surface area contributed by atoms with E-state index < -0.39 is 42.0 Å².